The van der Waals surface area contributed by atoms with E-state index in [2.05, 4.69) is 0 Å². The van der Waals surface area contributed by atoms with Crippen molar-refractivity contribution in [2.75, 3.05) is 19.0 Å². The smallest absolute Gasteiger partial charge is 0.146 e. The summed E-state index contributed by atoms with van der Waals surface area (Å²) in [6, 6.07) is 4.97. The zero-order valence-electron chi connectivity index (χ0n) is 10.6. The lowest BCUT2D eigenvalue weighted by Gasteiger charge is -2.26. The molecule has 0 aliphatic heterocycles. The molecule has 0 aromatic heterocycles. The maximum atomic E-state index is 14.0. The van der Waals surface area contributed by atoms with Crippen LogP contribution in [0.4, 0.5) is 10.1 Å². The molecule has 0 radical (unpaired) electrons. The molecular weight excluding hydrogens is 308 g/mol. The van der Waals surface area contributed by atoms with Crippen molar-refractivity contribution in [2.45, 2.75) is 12.3 Å². The molecule has 5 heteroatoms. The van der Waals surface area contributed by atoms with E-state index in [1.165, 1.54) is 6.07 Å². The second-order valence-electron chi connectivity index (χ2n) is 4.57. The number of anilines is 1. The second-order valence-corrected chi connectivity index (χ2v) is 5.77. The highest BCUT2D eigenvalue weighted by Gasteiger charge is 2.26. The van der Waals surface area contributed by atoms with Crippen molar-refractivity contribution in [3.8, 4) is 0 Å². The molecule has 1 aliphatic carbocycles. The maximum Gasteiger partial charge on any atom is 0.146 e. The van der Waals surface area contributed by atoms with Gasteiger partial charge in [0.05, 0.1) is 15.8 Å². The summed E-state index contributed by atoms with van der Waals surface area (Å²) in [5, 5.41) is 1.25. The monoisotopic (exact) mass is 319 g/mol. The normalized spacial score (nSPS) is 19.5. The van der Waals surface area contributed by atoms with Crippen LogP contribution in [-0.4, -0.2) is 14.1 Å². The van der Waals surface area contributed by atoms with E-state index in [0.717, 1.165) is 5.56 Å². The predicted molar refractivity (Wildman–Crippen MR) is 80.8 cm³/mol. The Kier molecular flexibility index (Phi) is 4.44. The zero-order valence-corrected chi connectivity index (χ0v) is 12.8. The number of nitrogens with zero attached hydrogens (tertiary/aromatic N) is 1. The summed E-state index contributed by atoms with van der Waals surface area (Å²) in [7, 11) is 3.60. The minimum Gasteiger partial charge on any atom is -0.375 e. The zero-order chi connectivity index (χ0) is 14.2. The van der Waals surface area contributed by atoms with Gasteiger partial charge in [0.1, 0.15) is 5.82 Å². The Bertz CT molecular complexity index is 564. The van der Waals surface area contributed by atoms with Crippen LogP contribution in [0.3, 0.4) is 0 Å². The largest absolute Gasteiger partial charge is 0.375 e. The summed E-state index contributed by atoms with van der Waals surface area (Å²) in [5.74, 6) is -0.437. The first-order valence-corrected chi connectivity index (χ1v) is 6.93. The molecule has 19 heavy (non-hydrogen) atoms. The minimum absolute atomic E-state index is 0.162. The molecule has 0 spiro atoms. The molecule has 1 aromatic rings. The summed E-state index contributed by atoms with van der Waals surface area (Å²) in [6.07, 6.45) is 2.42. The van der Waals surface area contributed by atoms with Crippen molar-refractivity contribution in [3.05, 3.63) is 50.8 Å². The molecule has 0 saturated heterocycles. The van der Waals surface area contributed by atoms with Gasteiger partial charge in [-0.2, -0.15) is 0 Å². The molecule has 1 atom stereocenters. The molecule has 0 heterocycles. The molecule has 0 N–H and O–H groups in total. The molecule has 2 rings (SSSR count). The SMILES string of the molecule is CN(C)c1c(F)cccc1C1CC=C(Cl)C(Cl)=C1Cl. The van der Waals surface area contributed by atoms with Gasteiger partial charge in [-0.15, -0.1) is 0 Å². The van der Waals surface area contributed by atoms with E-state index in [-0.39, 0.29) is 11.7 Å². The van der Waals surface area contributed by atoms with Gasteiger partial charge in [0.15, 0.2) is 0 Å². The Morgan fingerprint density at radius 2 is 1.89 bits per heavy atom. The van der Waals surface area contributed by atoms with Crippen molar-refractivity contribution in [3.63, 3.8) is 0 Å². The highest BCUT2D eigenvalue weighted by atomic mass is 35.5. The van der Waals surface area contributed by atoms with Crippen LogP contribution in [0.5, 0.6) is 0 Å². The number of para-hydroxylation sites is 1. The van der Waals surface area contributed by atoms with Crippen LogP contribution in [0, 0.1) is 5.82 Å². The second kappa shape index (κ2) is 5.74. The maximum absolute atomic E-state index is 14.0. The highest BCUT2D eigenvalue weighted by molar-refractivity contribution is 6.48. The summed E-state index contributed by atoms with van der Waals surface area (Å²) in [5.41, 5.74) is 1.34. The van der Waals surface area contributed by atoms with Gasteiger partial charge in [0.25, 0.3) is 0 Å². The van der Waals surface area contributed by atoms with Crippen LogP contribution in [0.15, 0.2) is 39.4 Å². The third-order valence-electron chi connectivity index (χ3n) is 3.10. The van der Waals surface area contributed by atoms with Crippen LogP contribution in [0.1, 0.15) is 17.9 Å². The molecule has 0 fully saturated rings. The van der Waals surface area contributed by atoms with E-state index in [1.807, 2.05) is 12.1 Å². The lowest BCUT2D eigenvalue weighted by atomic mass is 9.90. The Morgan fingerprint density at radius 1 is 1.21 bits per heavy atom. The topological polar surface area (TPSA) is 3.24 Å². The fourth-order valence-electron chi connectivity index (χ4n) is 2.23. The molecule has 0 amide bonds. The van der Waals surface area contributed by atoms with E-state index >= 15 is 0 Å². The summed E-state index contributed by atoms with van der Waals surface area (Å²) in [4.78, 5) is 1.74. The van der Waals surface area contributed by atoms with Gasteiger partial charge in [-0.05, 0) is 18.1 Å². The summed E-state index contributed by atoms with van der Waals surface area (Å²) >= 11 is 18.3. The Balaban J connectivity index is 2.53. The van der Waals surface area contributed by atoms with Crippen molar-refractivity contribution in [1.82, 2.24) is 0 Å². The van der Waals surface area contributed by atoms with Crippen LogP contribution < -0.4 is 4.90 Å². The number of halogens is 4. The summed E-state index contributed by atoms with van der Waals surface area (Å²) in [6.45, 7) is 0. The first kappa shape index (κ1) is 14.7. The standard InChI is InChI=1S/C14H13Cl3FN/c1-19(2)14-9(4-3-5-11(14)18)8-6-7-10(15)13(17)12(8)16/h3-5,7-8H,6H2,1-2H3. The fraction of sp³-hybridized carbons (Fsp3) is 0.286. The Hall–Kier alpha value is -0.700. The number of rotatable bonds is 2. The van der Waals surface area contributed by atoms with Crippen molar-refractivity contribution < 1.29 is 4.39 Å². The first-order valence-electron chi connectivity index (χ1n) is 5.80. The third-order valence-corrected chi connectivity index (χ3v) is 4.50. The molecule has 102 valence electrons. The first-order chi connectivity index (χ1) is 8.93. The average molecular weight is 321 g/mol. The van der Waals surface area contributed by atoms with Crippen LogP contribution in [0.25, 0.3) is 0 Å². The van der Waals surface area contributed by atoms with E-state index in [0.29, 0.717) is 27.2 Å². The molecule has 1 aromatic carbocycles. The van der Waals surface area contributed by atoms with E-state index < -0.39 is 0 Å². The highest BCUT2D eigenvalue weighted by Crippen LogP contribution is 2.44. The van der Waals surface area contributed by atoms with Crippen molar-refractivity contribution in [2.24, 2.45) is 0 Å². The average Bonchev–Trinajstić information content (AvgIpc) is 2.35. The van der Waals surface area contributed by atoms with E-state index in [1.54, 1.807) is 25.1 Å². The van der Waals surface area contributed by atoms with Crippen molar-refractivity contribution in [1.29, 1.82) is 0 Å². The van der Waals surface area contributed by atoms with Gasteiger partial charge >= 0.3 is 0 Å². The molecule has 1 aliphatic rings. The van der Waals surface area contributed by atoms with Crippen molar-refractivity contribution >= 4 is 40.5 Å². The quantitative estimate of drug-likeness (QED) is 0.724. The van der Waals surface area contributed by atoms with Crippen LogP contribution >= 0.6 is 34.8 Å². The van der Waals surface area contributed by atoms with E-state index in [4.69, 9.17) is 34.8 Å². The lowest BCUT2D eigenvalue weighted by Crippen LogP contribution is -2.16. The molecular formula is C14H13Cl3FN. The van der Waals surface area contributed by atoms with Crippen LogP contribution in [0.2, 0.25) is 0 Å². The van der Waals surface area contributed by atoms with Gasteiger partial charge < -0.3 is 4.90 Å². The van der Waals surface area contributed by atoms with Crippen LogP contribution in [-0.2, 0) is 0 Å². The van der Waals surface area contributed by atoms with Gasteiger partial charge in [-0.25, -0.2) is 4.39 Å². The Morgan fingerprint density at radius 3 is 2.53 bits per heavy atom. The molecule has 1 nitrogen and oxygen atoms in total. The van der Waals surface area contributed by atoms with Gasteiger partial charge in [0, 0.05) is 25.0 Å². The van der Waals surface area contributed by atoms with Gasteiger partial charge in [-0.1, -0.05) is 53.0 Å². The lowest BCUT2D eigenvalue weighted by molar-refractivity contribution is 0.621. The predicted octanol–water partition coefficient (Wildman–Crippen LogP) is 5.19. The fourth-order valence-corrected chi connectivity index (χ4v) is 2.99. The number of hydrogen-bond acceptors (Lipinski definition) is 1. The molecule has 0 bridgehead atoms. The third kappa shape index (κ3) is 2.76. The van der Waals surface area contributed by atoms with E-state index in [9.17, 15) is 4.39 Å². The number of hydrogen-bond donors (Lipinski definition) is 0. The number of allylic oxidation sites excluding steroid dienone is 4. The minimum atomic E-state index is -0.274. The van der Waals surface area contributed by atoms with Gasteiger partial charge in [0.2, 0.25) is 0 Å². The molecule has 0 saturated carbocycles. The van der Waals surface area contributed by atoms with Gasteiger partial charge in [-0.3, -0.25) is 0 Å². The molecule has 1 unspecified atom stereocenters. The summed E-state index contributed by atoms with van der Waals surface area (Å²) < 4.78 is 14.0. The Labute approximate surface area is 127 Å². The number of benzene rings is 1.